The highest BCUT2D eigenvalue weighted by atomic mass is 16.2. The van der Waals surface area contributed by atoms with E-state index in [0.29, 0.717) is 19.4 Å². The molecule has 0 fully saturated rings. The Kier molecular flexibility index (Phi) is 12.9. The predicted octanol–water partition coefficient (Wildman–Crippen LogP) is 5.32. The summed E-state index contributed by atoms with van der Waals surface area (Å²) >= 11 is 0. The molecule has 46 heavy (non-hydrogen) atoms. The number of carbonyl (C=O) groups excluding carboxylic acids is 4. The summed E-state index contributed by atoms with van der Waals surface area (Å²) < 4.78 is 0. The van der Waals surface area contributed by atoms with Gasteiger partial charge in [0.2, 0.25) is 17.7 Å². The molecular formula is C38H50N4O4. The van der Waals surface area contributed by atoms with Gasteiger partial charge in [0.25, 0.3) is 0 Å². The van der Waals surface area contributed by atoms with Gasteiger partial charge in [0.05, 0.1) is 12.1 Å². The molecule has 1 aliphatic rings. The third-order valence-electron chi connectivity index (χ3n) is 9.36. The summed E-state index contributed by atoms with van der Waals surface area (Å²) in [7, 11) is 0. The van der Waals surface area contributed by atoms with Gasteiger partial charge in [-0.15, -0.1) is 0 Å². The van der Waals surface area contributed by atoms with Crippen LogP contribution in [0.3, 0.4) is 0 Å². The van der Waals surface area contributed by atoms with Crippen molar-refractivity contribution in [1.29, 1.82) is 0 Å². The summed E-state index contributed by atoms with van der Waals surface area (Å²) in [6, 6.07) is 20.4. The van der Waals surface area contributed by atoms with Crippen molar-refractivity contribution in [2.45, 2.75) is 96.7 Å². The molecule has 4 rings (SSSR count). The Morgan fingerprint density at radius 3 is 2.37 bits per heavy atom. The molecular weight excluding hydrogens is 576 g/mol. The first-order chi connectivity index (χ1) is 22.2. The number of hydrogen-bond donors (Lipinski definition) is 4. The minimum absolute atomic E-state index is 0.0245. The Hall–Kier alpha value is -4.04. The van der Waals surface area contributed by atoms with Crippen LogP contribution in [0.4, 0.5) is 0 Å². The Morgan fingerprint density at radius 1 is 0.891 bits per heavy atom. The van der Waals surface area contributed by atoms with Gasteiger partial charge in [-0.1, -0.05) is 100 Å². The molecule has 0 saturated carbocycles. The molecule has 5 N–H and O–H groups in total. The summed E-state index contributed by atoms with van der Waals surface area (Å²) in [6.45, 7) is 6.17. The Morgan fingerprint density at radius 2 is 1.63 bits per heavy atom. The normalized spacial score (nSPS) is 16.6. The number of fused-ring (bicyclic) bond motifs is 2. The monoisotopic (exact) mass is 626 g/mol. The van der Waals surface area contributed by atoms with E-state index in [9.17, 15) is 19.2 Å². The van der Waals surface area contributed by atoms with Crippen molar-refractivity contribution in [1.82, 2.24) is 16.0 Å². The first-order valence-corrected chi connectivity index (χ1v) is 16.9. The average molecular weight is 627 g/mol. The molecule has 246 valence electrons. The molecule has 8 nitrogen and oxygen atoms in total. The molecule has 3 amide bonds. The minimum Gasteiger partial charge on any atom is -0.349 e. The van der Waals surface area contributed by atoms with Crippen LogP contribution >= 0.6 is 0 Å². The average Bonchev–Trinajstić information content (AvgIpc) is 3.48. The van der Waals surface area contributed by atoms with Gasteiger partial charge >= 0.3 is 0 Å². The molecule has 3 aromatic carbocycles. The number of nitrogens with one attached hydrogen (secondary N) is 3. The lowest BCUT2D eigenvalue weighted by atomic mass is 9.87. The lowest BCUT2D eigenvalue weighted by Crippen LogP contribution is -2.54. The second-order valence-electron chi connectivity index (χ2n) is 12.7. The number of nitrogens with two attached hydrogens (primary N) is 1. The van der Waals surface area contributed by atoms with E-state index >= 15 is 0 Å². The van der Waals surface area contributed by atoms with E-state index in [1.165, 1.54) is 5.56 Å². The van der Waals surface area contributed by atoms with Gasteiger partial charge < -0.3 is 21.7 Å². The predicted molar refractivity (Wildman–Crippen MR) is 183 cm³/mol. The van der Waals surface area contributed by atoms with Crippen LogP contribution in [-0.2, 0) is 32.0 Å². The molecule has 0 spiro atoms. The van der Waals surface area contributed by atoms with E-state index in [2.05, 4.69) is 28.1 Å². The number of unbranched alkanes of at least 4 members (excludes halogenated alkanes) is 1. The molecule has 0 unspecified atom stereocenters. The topological polar surface area (TPSA) is 130 Å². The van der Waals surface area contributed by atoms with Crippen LogP contribution in [-0.4, -0.2) is 42.1 Å². The number of benzene rings is 3. The standard InChI is InChI=1S/C38H50N4O4/c1-4-25(3)36(42-38(46)33(40-35(44)5-2)23-26-17-18-27-12-6-7-14-29(27)22-26)34(43)24-30(15-10-11-21-39)37(45)41-32-20-19-28-13-8-9-16-31(28)32/h6-9,12-14,16-18,22,25,30,32-33,36H,4-5,10-11,15,19-21,23-24,39H2,1-3H3,(H,40,44)(H,41,45)(H,42,46)/t25-,30+,32+,33-,36-/m0/s1. The van der Waals surface area contributed by atoms with Gasteiger partial charge in [0.15, 0.2) is 5.78 Å². The smallest absolute Gasteiger partial charge is 0.243 e. The minimum atomic E-state index is -0.848. The molecule has 1 aliphatic carbocycles. The fourth-order valence-corrected chi connectivity index (χ4v) is 6.36. The lowest BCUT2D eigenvalue weighted by molar-refractivity contribution is -0.134. The number of amides is 3. The van der Waals surface area contributed by atoms with E-state index in [1.54, 1.807) is 6.92 Å². The van der Waals surface area contributed by atoms with Gasteiger partial charge in [-0.25, -0.2) is 0 Å². The van der Waals surface area contributed by atoms with Crippen molar-refractivity contribution in [3.8, 4) is 0 Å². The number of carbonyl (C=O) groups is 4. The molecule has 3 aromatic rings. The fraction of sp³-hybridized carbons (Fsp3) is 0.474. The zero-order valence-corrected chi connectivity index (χ0v) is 27.5. The van der Waals surface area contributed by atoms with Crippen molar-refractivity contribution in [3.05, 3.63) is 83.4 Å². The SMILES string of the molecule is CCC(=O)N[C@@H](Cc1ccc2ccccc2c1)C(=O)N[C@H](C(=O)C[C@@H](CCCCN)C(=O)N[C@@H]1CCc2ccccc21)[C@@H](C)CC. The van der Waals surface area contributed by atoms with Crippen LogP contribution in [0.2, 0.25) is 0 Å². The van der Waals surface area contributed by atoms with Crippen LogP contribution in [0.15, 0.2) is 66.7 Å². The summed E-state index contributed by atoms with van der Waals surface area (Å²) in [5, 5.41) is 11.2. The summed E-state index contributed by atoms with van der Waals surface area (Å²) in [4.78, 5) is 53.9. The molecule has 5 atom stereocenters. The molecule has 0 heterocycles. The molecule has 0 radical (unpaired) electrons. The van der Waals surface area contributed by atoms with Crippen molar-refractivity contribution in [3.63, 3.8) is 0 Å². The van der Waals surface area contributed by atoms with Gasteiger partial charge in [-0.05, 0) is 65.6 Å². The fourth-order valence-electron chi connectivity index (χ4n) is 6.36. The molecule has 8 heteroatoms. The van der Waals surface area contributed by atoms with Crippen molar-refractivity contribution < 1.29 is 19.2 Å². The first-order valence-electron chi connectivity index (χ1n) is 16.9. The maximum Gasteiger partial charge on any atom is 0.243 e. The van der Waals surface area contributed by atoms with Crippen LogP contribution in [0.25, 0.3) is 10.8 Å². The molecule has 0 saturated heterocycles. The maximum atomic E-state index is 14.0. The number of hydrogen-bond acceptors (Lipinski definition) is 5. The quantitative estimate of drug-likeness (QED) is 0.151. The highest BCUT2D eigenvalue weighted by Crippen LogP contribution is 2.31. The van der Waals surface area contributed by atoms with Crippen LogP contribution in [0.1, 0.15) is 88.4 Å². The van der Waals surface area contributed by atoms with Crippen molar-refractivity contribution >= 4 is 34.3 Å². The highest BCUT2D eigenvalue weighted by Gasteiger charge is 2.34. The summed E-state index contributed by atoms with van der Waals surface area (Å²) in [5.41, 5.74) is 9.04. The molecule has 0 bridgehead atoms. The summed E-state index contributed by atoms with van der Waals surface area (Å²) in [6.07, 6.45) is 5.01. The van der Waals surface area contributed by atoms with E-state index in [1.807, 2.05) is 68.4 Å². The Bertz CT molecular complexity index is 1500. The van der Waals surface area contributed by atoms with E-state index in [-0.39, 0.29) is 48.8 Å². The van der Waals surface area contributed by atoms with E-state index in [0.717, 1.165) is 47.6 Å². The van der Waals surface area contributed by atoms with Crippen LogP contribution in [0.5, 0.6) is 0 Å². The zero-order valence-electron chi connectivity index (χ0n) is 27.5. The summed E-state index contributed by atoms with van der Waals surface area (Å²) in [5.74, 6) is -1.63. The zero-order chi connectivity index (χ0) is 33.1. The van der Waals surface area contributed by atoms with Crippen molar-refractivity contribution in [2.75, 3.05) is 6.54 Å². The van der Waals surface area contributed by atoms with Gasteiger partial charge in [-0.3, -0.25) is 19.2 Å². The third-order valence-corrected chi connectivity index (χ3v) is 9.36. The van der Waals surface area contributed by atoms with E-state index in [4.69, 9.17) is 5.73 Å². The first kappa shape index (κ1) is 34.8. The van der Waals surface area contributed by atoms with E-state index < -0.39 is 23.9 Å². The largest absolute Gasteiger partial charge is 0.349 e. The number of aryl methyl sites for hydroxylation is 1. The van der Waals surface area contributed by atoms with Gasteiger partial charge in [0.1, 0.15) is 6.04 Å². The maximum absolute atomic E-state index is 14.0. The second kappa shape index (κ2) is 17.0. The Balaban J connectivity index is 1.49. The number of ketones is 1. The Labute approximate surface area is 273 Å². The van der Waals surface area contributed by atoms with Gasteiger partial charge in [0, 0.05) is 25.2 Å². The molecule has 0 aromatic heterocycles. The molecule has 0 aliphatic heterocycles. The highest BCUT2D eigenvalue weighted by molar-refractivity contribution is 5.95. The van der Waals surface area contributed by atoms with Crippen LogP contribution < -0.4 is 21.7 Å². The third kappa shape index (κ3) is 9.25. The lowest BCUT2D eigenvalue weighted by Gasteiger charge is -2.28. The van der Waals surface area contributed by atoms with Gasteiger partial charge in [-0.2, -0.15) is 0 Å². The number of rotatable bonds is 17. The number of Topliss-reactive ketones (excluding diaryl/α,β-unsaturated/α-hetero) is 1. The second-order valence-corrected chi connectivity index (χ2v) is 12.7. The van der Waals surface area contributed by atoms with Crippen molar-refractivity contribution in [2.24, 2.45) is 17.6 Å². The van der Waals surface area contributed by atoms with Crippen LogP contribution in [0, 0.1) is 11.8 Å².